The minimum atomic E-state index is -0.737. The fourth-order valence-corrected chi connectivity index (χ4v) is 1.61. The van der Waals surface area contributed by atoms with Crippen molar-refractivity contribution in [1.82, 2.24) is 4.90 Å². The lowest BCUT2D eigenvalue weighted by Gasteiger charge is -2.19. The van der Waals surface area contributed by atoms with Crippen molar-refractivity contribution < 1.29 is 15.0 Å². The molecule has 0 unspecified atom stereocenters. The van der Waals surface area contributed by atoms with Crippen molar-refractivity contribution >= 4 is 5.97 Å². The Labute approximate surface area is 84.5 Å². The Kier molecular flexibility index (Phi) is 4.90. The molecule has 1 aliphatic rings. The number of hydrogen-bond acceptors (Lipinski definition) is 3. The molecular weight excluding hydrogens is 182 g/mol. The quantitative estimate of drug-likeness (QED) is 0.567. The number of aliphatic carboxylic acids is 1. The van der Waals surface area contributed by atoms with Crippen molar-refractivity contribution in [2.24, 2.45) is 0 Å². The van der Waals surface area contributed by atoms with Gasteiger partial charge in [0, 0.05) is 12.6 Å². The largest absolute Gasteiger partial charge is 0.480 e. The van der Waals surface area contributed by atoms with E-state index < -0.39 is 5.97 Å². The number of aliphatic hydroxyl groups excluding tert-OH is 1. The Balaban J connectivity index is 2.12. The first-order valence-electron chi connectivity index (χ1n) is 5.30. The van der Waals surface area contributed by atoms with Gasteiger partial charge in [-0.15, -0.1) is 0 Å². The highest BCUT2D eigenvalue weighted by atomic mass is 16.4. The van der Waals surface area contributed by atoms with Crippen LogP contribution in [-0.4, -0.2) is 46.8 Å². The Morgan fingerprint density at radius 1 is 1.29 bits per heavy atom. The number of carboxylic acids is 1. The second-order valence-corrected chi connectivity index (χ2v) is 3.88. The first-order chi connectivity index (χ1) is 6.74. The van der Waals surface area contributed by atoms with Crippen molar-refractivity contribution in [3.63, 3.8) is 0 Å². The molecule has 0 aromatic rings. The standard InChI is InChI=1S/C10H19NO3/c12-7-3-1-2-6-11(8-10(13)14)9-4-5-9/h9,12H,1-8H2,(H,13,14). The molecule has 1 aliphatic carbocycles. The maximum Gasteiger partial charge on any atom is 0.317 e. The smallest absolute Gasteiger partial charge is 0.317 e. The molecule has 1 fully saturated rings. The monoisotopic (exact) mass is 201 g/mol. The van der Waals surface area contributed by atoms with E-state index in [0.29, 0.717) is 6.04 Å². The number of rotatable bonds is 8. The van der Waals surface area contributed by atoms with Crippen molar-refractivity contribution in [2.45, 2.75) is 38.1 Å². The first kappa shape index (κ1) is 11.5. The fourth-order valence-electron chi connectivity index (χ4n) is 1.61. The Morgan fingerprint density at radius 2 is 2.00 bits per heavy atom. The van der Waals surface area contributed by atoms with Crippen LogP contribution in [0, 0.1) is 0 Å². The molecule has 0 saturated heterocycles. The summed E-state index contributed by atoms with van der Waals surface area (Å²) in [5.41, 5.74) is 0. The van der Waals surface area contributed by atoms with Gasteiger partial charge in [-0.3, -0.25) is 9.69 Å². The minimum Gasteiger partial charge on any atom is -0.480 e. The van der Waals surface area contributed by atoms with Crippen LogP contribution in [-0.2, 0) is 4.79 Å². The van der Waals surface area contributed by atoms with E-state index in [1.807, 2.05) is 4.90 Å². The zero-order chi connectivity index (χ0) is 10.4. The summed E-state index contributed by atoms with van der Waals surface area (Å²) in [6, 6.07) is 0.514. The number of nitrogens with zero attached hydrogens (tertiary/aromatic N) is 1. The molecule has 14 heavy (non-hydrogen) atoms. The average molecular weight is 201 g/mol. The van der Waals surface area contributed by atoms with Crippen LogP contribution in [0.4, 0.5) is 0 Å². The van der Waals surface area contributed by atoms with E-state index in [-0.39, 0.29) is 13.2 Å². The van der Waals surface area contributed by atoms with Gasteiger partial charge in [0.25, 0.3) is 0 Å². The van der Waals surface area contributed by atoms with Crippen molar-refractivity contribution in [1.29, 1.82) is 0 Å². The van der Waals surface area contributed by atoms with Crippen LogP contribution in [0.3, 0.4) is 0 Å². The zero-order valence-electron chi connectivity index (χ0n) is 8.48. The number of hydrogen-bond donors (Lipinski definition) is 2. The third-order valence-corrected chi connectivity index (χ3v) is 2.51. The minimum absolute atomic E-state index is 0.170. The third kappa shape index (κ3) is 4.58. The fraction of sp³-hybridized carbons (Fsp3) is 0.900. The SMILES string of the molecule is O=C(O)CN(CCCCCO)C1CC1. The van der Waals surface area contributed by atoms with Crippen molar-refractivity contribution in [3.8, 4) is 0 Å². The second-order valence-electron chi connectivity index (χ2n) is 3.88. The van der Waals surface area contributed by atoms with Gasteiger partial charge in [-0.25, -0.2) is 0 Å². The Hall–Kier alpha value is -0.610. The van der Waals surface area contributed by atoms with E-state index in [0.717, 1.165) is 38.6 Å². The van der Waals surface area contributed by atoms with Crippen LogP contribution in [0.25, 0.3) is 0 Å². The van der Waals surface area contributed by atoms with Gasteiger partial charge in [0.1, 0.15) is 0 Å². The molecule has 2 N–H and O–H groups in total. The van der Waals surface area contributed by atoms with E-state index in [4.69, 9.17) is 10.2 Å². The van der Waals surface area contributed by atoms with E-state index in [1.165, 1.54) is 0 Å². The second kappa shape index (κ2) is 5.98. The van der Waals surface area contributed by atoms with E-state index in [1.54, 1.807) is 0 Å². The van der Waals surface area contributed by atoms with Gasteiger partial charge in [-0.1, -0.05) is 0 Å². The molecule has 0 bridgehead atoms. The van der Waals surface area contributed by atoms with E-state index in [9.17, 15) is 4.79 Å². The highest BCUT2D eigenvalue weighted by molar-refractivity contribution is 5.69. The summed E-state index contributed by atoms with van der Waals surface area (Å²) in [4.78, 5) is 12.6. The zero-order valence-corrected chi connectivity index (χ0v) is 8.48. The first-order valence-corrected chi connectivity index (χ1v) is 5.30. The summed E-state index contributed by atoms with van der Waals surface area (Å²) in [5, 5.41) is 17.3. The molecule has 0 atom stereocenters. The van der Waals surface area contributed by atoms with Crippen LogP contribution in [0.15, 0.2) is 0 Å². The Morgan fingerprint density at radius 3 is 2.50 bits per heavy atom. The number of carboxylic acid groups (broad SMARTS) is 1. The van der Waals surface area contributed by atoms with Crippen LogP contribution in [0.1, 0.15) is 32.1 Å². The van der Waals surface area contributed by atoms with Gasteiger partial charge < -0.3 is 10.2 Å². The summed E-state index contributed by atoms with van der Waals surface area (Å²) in [5.74, 6) is -0.737. The normalized spacial score (nSPS) is 16.1. The molecule has 0 aliphatic heterocycles. The molecule has 0 spiro atoms. The summed E-state index contributed by atoms with van der Waals surface area (Å²) < 4.78 is 0. The molecule has 0 heterocycles. The summed E-state index contributed by atoms with van der Waals surface area (Å²) in [7, 11) is 0. The Bertz CT molecular complexity index is 180. The lowest BCUT2D eigenvalue weighted by atomic mass is 10.2. The van der Waals surface area contributed by atoms with Gasteiger partial charge in [-0.2, -0.15) is 0 Å². The maximum atomic E-state index is 10.5. The molecule has 0 aromatic heterocycles. The molecule has 0 aromatic carbocycles. The van der Waals surface area contributed by atoms with Crippen LogP contribution in [0.2, 0.25) is 0 Å². The highest BCUT2D eigenvalue weighted by Crippen LogP contribution is 2.26. The van der Waals surface area contributed by atoms with Crippen molar-refractivity contribution in [2.75, 3.05) is 19.7 Å². The number of carbonyl (C=O) groups is 1. The summed E-state index contributed by atoms with van der Waals surface area (Å²) >= 11 is 0. The molecule has 4 nitrogen and oxygen atoms in total. The maximum absolute atomic E-state index is 10.5. The molecule has 4 heteroatoms. The van der Waals surface area contributed by atoms with Crippen LogP contribution >= 0.6 is 0 Å². The lowest BCUT2D eigenvalue weighted by molar-refractivity contribution is -0.138. The molecule has 0 amide bonds. The summed E-state index contributed by atoms with van der Waals surface area (Å²) in [6.07, 6.45) is 5.09. The predicted octanol–water partition coefficient (Wildman–Crippen LogP) is 0.698. The van der Waals surface area contributed by atoms with Crippen molar-refractivity contribution in [3.05, 3.63) is 0 Å². The molecule has 1 saturated carbocycles. The lowest BCUT2D eigenvalue weighted by Crippen LogP contribution is -2.32. The van der Waals surface area contributed by atoms with Gasteiger partial charge in [0.05, 0.1) is 6.54 Å². The van der Waals surface area contributed by atoms with E-state index in [2.05, 4.69) is 0 Å². The molecule has 1 rings (SSSR count). The molecule has 0 radical (unpaired) electrons. The summed E-state index contributed by atoms with van der Waals surface area (Å²) in [6.45, 7) is 1.27. The third-order valence-electron chi connectivity index (χ3n) is 2.51. The topological polar surface area (TPSA) is 60.8 Å². The van der Waals surface area contributed by atoms with Gasteiger partial charge in [0.2, 0.25) is 0 Å². The molecule has 82 valence electrons. The van der Waals surface area contributed by atoms with Gasteiger partial charge in [0.15, 0.2) is 0 Å². The van der Waals surface area contributed by atoms with Crippen LogP contribution < -0.4 is 0 Å². The predicted molar refractivity (Wildman–Crippen MR) is 53.2 cm³/mol. The highest BCUT2D eigenvalue weighted by Gasteiger charge is 2.29. The van der Waals surface area contributed by atoms with Crippen LogP contribution in [0.5, 0.6) is 0 Å². The number of unbranched alkanes of at least 4 members (excludes halogenated alkanes) is 2. The van der Waals surface area contributed by atoms with E-state index >= 15 is 0 Å². The number of aliphatic hydroxyl groups is 1. The average Bonchev–Trinajstić information content (AvgIpc) is 2.92. The van der Waals surface area contributed by atoms with Gasteiger partial charge in [-0.05, 0) is 38.6 Å². The van der Waals surface area contributed by atoms with Gasteiger partial charge >= 0.3 is 5.97 Å². The molecular formula is C10H19NO3.